The minimum absolute atomic E-state index is 0.267. The van der Waals surface area contributed by atoms with E-state index in [-0.39, 0.29) is 5.41 Å². The van der Waals surface area contributed by atoms with Crippen molar-refractivity contribution in [2.75, 3.05) is 11.9 Å². The molecule has 1 aromatic rings. The summed E-state index contributed by atoms with van der Waals surface area (Å²) < 4.78 is 5.80. The molecular formula is C14H21BrO. The van der Waals surface area contributed by atoms with Crippen LogP contribution in [0, 0.1) is 5.41 Å². The first kappa shape index (κ1) is 13.7. The Balaban J connectivity index is 2.34. The van der Waals surface area contributed by atoms with Crippen molar-refractivity contribution in [1.29, 1.82) is 0 Å². The Kier molecular flexibility index (Phi) is 6.07. The van der Waals surface area contributed by atoms with Gasteiger partial charge < -0.3 is 4.74 Å². The quantitative estimate of drug-likeness (QED) is 0.674. The van der Waals surface area contributed by atoms with Gasteiger partial charge in [-0.3, -0.25) is 0 Å². The van der Waals surface area contributed by atoms with Crippen molar-refractivity contribution in [3.05, 3.63) is 35.9 Å². The molecule has 0 saturated carbocycles. The minimum atomic E-state index is 0.267. The fourth-order valence-electron chi connectivity index (χ4n) is 1.77. The molecule has 0 heterocycles. The molecule has 1 unspecified atom stereocenters. The van der Waals surface area contributed by atoms with Crippen LogP contribution < -0.4 is 0 Å². The predicted octanol–water partition coefficient (Wildman–Crippen LogP) is 4.40. The summed E-state index contributed by atoms with van der Waals surface area (Å²) in [6.07, 6.45) is 2.41. The van der Waals surface area contributed by atoms with Crippen molar-refractivity contribution in [3.63, 3.8) is 0 Å². The zero-order valence-corrected chi connectivity index (χ0v) is 11.8. The highest BCUT2D eigenvalue weighted by Gasteiger charge is 2.21. The standard InChI is InChI=1S/C14H21BrO/c1-3-9-14(2,11-15)12-16-10-13-7-5-4-6-8-13/h4-8H,3,9-12H2,1-2H3. The van der Waals surface area contributed by atoms with E-state index in [0.717, 1.165) is 11.9 Å². The number of benzene rings is 1. The van der Waals surface area contributed by atoms with Crippen molar-refractivity contribution in [1.82, 2.24) is 0 Å². The van der Waals surface area contributed by atoms with Crippen LogP contribution in [-0.2, 0) is 11.3 Å². The molecule has 1 aromatic carbocycles. The summed E-state index contributed by atoms with van der Waals surface area (Å²) in [6.45, 7) is 6.03. The highest BCUT2D eigenvalue weighted by atomic mass is 79.9. The number of ether oxygens (including phenoxy) is 1. The van der Waals surface area contributed by atoms with Crippen LogP contribution in [-0.4, -0.2) is 11.9 Å². The van der Waals surface area contributed by atoms with E-state index < -0.39 is 0 Å². The molecule has 0 spiro atoms. The van der Waals surface area contributed by atoms with E-state index in [4.69, 9.17) is 4.74 Å². The highest BCUT2D eigenvalue weighted by Crippen LogP contribution is 2.26. The molecule has 1 rings (SSSR count). The van der Waals surface area contributed by atoms with Gasteiger partial charge in [-0.05, 0) is 12.0 Å². The maximum atomic E-state index is 5.80. The summed E-state index contributed by atoms with van der Waals surface area (Å²) in [4.78, 5) is 0. The van der Waals surface area contributed by atoms with Crippen LogP contribution in [0.25, 0.3) is 0 Å². The molecule has 0 saturated heterocycles. The molecule has 90 valence electrons. The van der Waals surface area contributed by atoms with E-state index in [0.29, 0.717) is 6.61 Å². The maximum Gasteiger partial charge on any atom is 0.0717 e. The second-order valence-corrected chi connectivity index (χ2v) is 5.23. The SMILES string of the molecule is CCCC(C)(CBr)COCc1ccccc1. The van der Waals surface area contributed by atoms with E-state index in [9.17, 15) is 0 Å². The molecule has 0 aromatic heterocycles. The second-order valence-electron chi connectivity index (χ2n) is 4.67. The normalized spacial score (nSPS) is 14.7. The molecule has 1 nitrogen and oxygen atoms in total. The average Bonchev–Trinajstić information content (AvgIpc) is 2.31. The van der Waals surface area contributed by atoms with Crippen LogP contribution in [0.4, 0.5) is 0 Å². The Bertz CT molecular complexity index is 286. The monoisotopic (exact) mass is 284 g/mol. The zero-order chi connectivity index (χ0) is 11.9. The molecule has 2 heteroatoms. The molecule has 0 radical (unpaired) electrons. The number of hydrogen-bond donors (Lipinski definition) is 0. The Morgan fingerprint density at radius 2 is 1.94 bits per heavy atom. The van der Waals surface area contributed by atoms with Crippen LogP contribution in [0.5, 0.6) is 0 Å². The lowest BCUT2D eigenvalue weighted by Gasteiger charge is -2.26. The molecule has 0 aliphatic heterocycles. The van der Waals surface area contributed by atoms with Gasteiger partial charge in [-0.15, -0.1) is 0 Å². The summed E-state index contributed by atoms with van der Waals surface area (Å²) in [6, 6.07) is 10.3. The molecule has 0 aliphatic rings. The number of halogens is 1. The van der Waals surface area contributed by atoms with Gasteiger partial charge in [-0.25, -0.2) is 0 Å². The summed E-state index contributed by atoms with van der Waals surface area (Å²) >= 11 is 3.58. The molecule has 0 N–H and O–H groups in total. The summed E-state index contributed by atoms with van der Waals surface area (Å²) in [5.41, 5.74) is 1.51. The molecule has 0 aliphatic carbocycles. The smallest absolute Gasteiger partial charge is 0.0717 e. The molecule has 0 bridgehead atoms. The van der Waals surface area contributed by atoms with Gasteiger partial charge in [-0.2, -0.15) is 0 Å². The third-order valence-electron chi connectivity index (χ3n) is 2.74. The topological polar surface area (TPSA) is 9.23 Å². The van der Waals surface area contributed by atoms with Gasteiger partial charge in [0.1, 0.15) is 0 Å². The molecule has 0 fully saturated rings. The lowest BCUT2D eigenvalue weighted by atomic mass is 9.89. The number of rotatable bonds is 7. The van der Waals surface area contributed by atoms with Crippen molar-refractivity contribution in [3.8, 4) is 0 Å². The van der Waals surface area contributed by atoms with Gasteiger partial charge in [0.2, 0.25) is 0 Å². The van der Waals surface area contributed by atoms with Crippen molar-refractivity contribution >= 4 is 15.9 Å². The summed E-state index contributed by atoms with van der Waals surface area (Å²) in [7, 11) is 0. The lowest BCUT2D eigenvalue weighted by Crippen LogP contribution is -2.24. The van der Waals surface area contributed by atoms with Crippen molar-refractivity contribution < 1.29 is 4.74 Å². The largest absolute Gasteiger partial charge is 0.376 e. The summed E-state index contributed by atoms with van der Waals surface area (Å²) in [5, 5.41) is 1.00. The lowest BCUT2D eigenvalue weighted by molar-refractivity contribution is 0.0497. The fourth-order valence-corrected chi connectivity index (χ4v) is 2.21. The van der Waals surface area contributed by atoms with Crippen molar-refractivity contribution in [2.45, 2.75) is 33.3 Å². The van der Waals surface area contributed by atoms with E-state index in [1.54, 1.807) is 0 Å². The Labute approximate surface area is 107 Å². The van der Waals surface area contributed by atoms with E-state index >= 15 is 0 Å². The van der Waals surface area contributed by atoms with Gasteiger partial charge in [0.15, 0.2) is 0 Å². The van der Waals surface area contributed by atoms with Crippen LogP contribution in [0.1, 0.15) is 32.3 Å². The third-order valence-corrected chi connectivity index (χ3v) is 4.09. The Morgan fingerprint density at radius 3 is 2.50 bits per heavy atom. The van der Waals surface area contributed by atoms with Gasteiger partial charge >= 0.3 is 0 Å². The third kappa shape index (κ3) is 4.67. The van der Waals surface area contributed by atoms with Crippen LogP contribution >= 0.6 is 15.9 Å². The van der Waals surface area contributed by atoms with E-state index in [2.05, 4.69) is 54.0 Å². The molecule has 0 amide bonds. The van der Waals surface area contributed by atoms with Gasteiger partial charge in [0, 0.05) is 10.7 Å². The van der Waals surface area contributed by atoms with Crippen LogP contribution in [0.15, 0.2) is 30.3 Å². The molecule has 1 atom stereocenters. The van der Waals surface area contributed by atoms with Crippen molar-refractivity contribution in [2.24, 2.45) is 5.41 Å². The first-order valence-corrected chi connectivity index (χ1v) is 7.00. The fraction of sp³-hybridized carbons (Fsp3) is 0.571. The van der Waals surface area contributed by atoms with Gasteiger partial charge in [0.05, 0.1) is 13.2 Å². The highest BCUT2D eigenvalue weighted by molar-refractivity contribution is 9.09. The molecule has 16 heavy (non-hydrogen) atoms. The second kappa shape index (κ2) is 7.08. The van der Waals surface area contributed by atoms with Gasteiger partial charge in [-0.1, -0.05) is 66.5 Å². The van der Waals surface area contributed by atoms with Crippen LogP contribution in [0.2, 0.25) is 0 Å². The van der Waals surface area contributed by atoms with E-state index in [1.165, 1.54) is 18.4 Å². The van der Waals surface area contributed by atoms with Gasteiger partial charge in [0.25, 0.3) is 0 Å². The minimum Gasteiger partial charge on any atom is -0.376 e. The average molecular weight is 285 g/mol. The molecular weight excluding hydrogens is 264 g/mol. The predicted molar refractivity (Wildman–Crippen MR) is 72.9 cm³/mol. The Morgan fingerprint density at radius 1 is 1.25 bits per heavy atom. The van der Waals surface area contributed by atoms with Crippen LogP contribution in [0.3, 0.4) is 0 Å². The number of hydrogen-bond acceptors (Lipinski definition) is 1. The zero-order valence-electron chi connectivity index (χ0n) is 10.2. The Hall–Kier alpha value is -0.340. The van der Waals surface area contributed by atoms with E-state index in [1.807, 2.05) is 6.07 Å². The number of alkyl halides is 1. The first-order valence-electron chi connectivity index (χ1n) is 5.88. The maximum absolute atomic E-state index is 5.80. The summed E-state index contributed by atoms with van der Waals surface area (Å²) in [5.74, 6) is 0. The first-order chi connectivity index (χ1) is 7.70.